The van der Waals surface area contributed by atoms with Crippen molar-refractivity contribution in [3.8, 4) is 0 Å². The van der Waals surface area contributed by atoms with Crippen LogP contribution in [0.15, 0.2) is 23.1 Å². The maximum Gasteiger partial charge on any atom is 0.254 e. The molecule has 0 bridgehead atoms. The van der Waals surface area contributed by atoms with Crippen LogP contribution in [0.25, 0.3) is 0 Å². The standard InChI is InChI=1S/C19H28N2O4S/c1-14(2)17-5-4-8-21(17)19(22)16-7-6-15(3)18(13-16)26(23,24)20-9-11-25-12-10-20/h6-7,13-14,17H,4-5,8-12H2,1-3H3. The number of sulfonamides is 1. The fourth-order valence-corrected chi connectivity index (χ4v) is 5.50. The number of hydrogen-bond donors (Lipinski definition) is 0. The van der Waals surface area contributed by atoms with Gasteiger partial charge in [-0.1, -0.05) is 19.9 Å². The topological polar surface area (TPSA) is 66.9 Å². The van der Waals surface area contributed by atoms with Crippen molar-refractivity contribution in [2.45, 2.75) is 44.6 Å². The van der Waals surface area contributed by atoms with Crippen LogP contribution in [0.1, 0.15) is 42.6 Å². The summed E-state index contributed by atoms with van der Waals surface area (Å²) in [5, 5.41) is 0. The van der Waals surface area contributed by atoms with Gasteiger partial charge in [0.05, 0.1) is 18.1 Å². The Morgan fingerprint density at radius 1 is 1.19 bits per heavy atom. The van der Waals surface area contributed by atoms with Crippen LogP contribution in [0.5, 0.6) is 0 Å². The number of nitrogens with zero attached hydrogens (tertiary/aromatic N) is 2. The first-order valence-corrected chi connectivity index (χ1v) is 10.8. The molecule has 2 heterocycles. The Balaban J connectivity index is 1.91. The summed E-state index contributed by atoms with van der Waals surface area (Å²) in [4.78, 5) is 15.2. The number of aryl methyl sites for hydroxylation is 1. The molecule has 0 aliphatic carbocycles. The molecule has 3 rings (SSSR count). The summed E-state index contributed by atoms with van der Waals surface area (Å²) in [6.07, 6.45) is 2.01. The summed E-state index contributed by atoms with van der Waals surface area (Å²) >= 11 is 0. The van der Waals surface area contributed by atoms with Gasteiger partial charge in [-0.25, -0.2) is 8.42 Å². The van der Waals surface area contributed by atoms with Gasteiger partial charge in [0.1, 0.15) is 0 Å². The van der Waals surface area contributed by atoms with Crippen LogP contribution in [0.2, 0.25) is 0 Å². The lowest BCUT2D eigenvalue weighted by Gasteiger charge is -2.29. The van der Waals surface area contributed by atoms with Crippen LogP contribution in [-0.4, -0.2) is 62.4 Å². The van der Waals surface area contributed by atoms with Crippen LogP contribution in [0, 0.1) is 12.8 Å². The van der Waals surface area contributed by atoms with Gasteiger partial charge < -0.3 is 9.64 Å². The molecular weight excluding hydrogens is 352 g/mol. The Morgan fingerprint density at radius 2 is 1.88 bits per heavy atom. The maximum atomic E-state index is 13.0. The first kappa shape index (κ1) is 19.3. The average molecular weight is 381 g/mol. The fourth-order valence-electron chi connectivity index (χ4n) is 3.84. The number of likely N-dealkylation sites (tertiary alicyclic amines) is 1. The molecule has 144 valence electrons. The molecule has 0 spiro atoms. The van der Waals surface area contributed by atoms with Crippen molar-refractivity contribution in [1.29, 1.82) is 0 Å². The predicted molar refractivity (Wildman–Crippen MR) is 99.7 cm³/mol. The minimum Gasteiger partial charge on any atom is -0.379 e. The van der Waals surface area contributed by atoms with E-state index in [9.17, 15) is 13.2 Å². The molecule has 26 heavy (non-hydrogen) atoms. The maximum absolute atomic E-state index is 13.0. The van der Waals surface area contributed by atoms with E-state index >= 15 is 0 Å². The molecule has 2 fully saturated rings. The molecule has 6 nitrogen and oxygen atoms in total. The fraction of sp³-hybridized carbons (Fsp3) is 0.632. The highest BCUT2D eigenvalue weighted by Crippen LogP contribution is 2.28. The zero-order valence-electron chi connectivity index (χ0n) is 15.8. The Morgan fingerprint density at radius 3 is 2.54 bits per heavy atom. The van der Waals surface area contributed by atoms with Crippen molar-refractivity contribution >= 4 is 15.9 Å². The highest BCUT2D eigenvalue weighted by molar-refractivity contribution is 7.89. The number of ether oxygens (including phenoxy) is 1. The van der Waals surface area contributed by atoms with E-state index in [-0.39, 0.29) is 16.8 Å². The Kier molecular flexibility index (Phi) is 5.69. The van der Waals surface area contributed by atoms with Crippen molar-refractivity contribution in [2.75, 3.05) is 32.8 Å². The smallest absolute Gasteiger partial charge is 0.254 e. The van der Waals surface area contributed by atoms with Gasteiger partial charge in [0.15, 0.2) is 0 Å². The number of carbonyl (C=O) groups is 1. The molecule has 1 atom stereocenters. The van der Waals surface area contributed by atoms with Crippen LogP contribution in [0.3, 0.4) is 0 Å². The Labute approximate surface area is 156 Å². The third-order valence-electron chi connectivity index (χ3n) is 5.35. The second-order valence-electron chi connectivity index (χ2n) is 7.45. The minimum atomic E-state index is -3.62. The van der Waals surface area contributed by atoms with Crippen LogP contribution in [-0.2, 0) is 14.8 Å². The summed E-state index contributed by atoms with van der Waals surface area (Å²) in [7, 11) is -3.62. The molecule has 7 heteroatoms. The van der Waals surface area contributed by atoms with E-state index in [4.69, 9.17) is 4.74 Å². The number of amides is 1. The van der Waals surface area contributed by atoms with Gasteiger partial charge >= 0.3 is 0 Å². The Hall–Kier alpha value is -1.44. The summed E-state index contributed by atoms with van der Waals surface area (Å²) in [5.41, 5.74) is 1.12. The first-order chi connectivity index (χ1) is 12.3. The van der Waals surface area contributed by atoms with Crippen molar-refractivity contribution in [2.24, 2.45) is 5.92 Å². The van der Waals surface area contributed by atoms with Gasteiger partial charge in [-0.3, -0.25) is 4.79 Å². The lowest BCUT2D eigenvalue weighted by molar-refractivity contribution is 0.0700. The summed E-state index contributed by atoms with van der Waals surface area (Å²) in [6.45, 7) is 8.26. The number of carbonyl (C=O) groups excluding carboxylic acids is 1. The SMILES string of the molecule is Cc1ccc(C(=O)N2CCCC2C(C)C)cc1S(=O)(=O)N1CCOCC1. The molecule has 1 amide bonds. The molecule has 0 saturated carbocycles. The zero-order valence-corrected chi connectivity index (χ0v) is 16.6. The largest absolute Gasteiger partial charge is 0.379 e. The quantitative estimate of drug-likeness (QED) is 0.804. The van der Waals surface area contributed by atoms with E-state index in [0.717, 1.165) is 19.4 Å². The summed E-state index contributed by atoms with van der Waals surface area (Å²) < 4.78 is 32.7. The van der Waals surface area contributed by atoms with Crippen molar-refractivity contribution in [3.05, 3.63) is 29.3 Å². The molecule has 2 aliphatic rings. The molecule has 1 unspecified atom stereocenters. The predicted octanol–water partition coefficient (Wildman–Crippen LogP) is 2.28. The first-order valence-electron chi connectivity index (χ1n) is 9.32. The van der Waals surface area contributed by atoms with Gasteiger partial charge in [0.2, 0.25) is 10.0 Å². The highest BCUT2D eigenvalue weighted by atomic mass is 32.2. The molecule has 0 N–H and O–H groups in total. The third-order valence-corrected chi connectivity index (χ3v) is 7.39. The average Bonchev–Trinajstić information content (AvgIpc) is 3.12. The van der Waals surface area contributed by atoms with Crippen molar-refractivity contribution in [1.82, 2.24) is 9.21 Å². The summed E-state index contributed by atoms with van der Waals surface area (Å²) in [6, 6.07) is 5.26. The molecule has 1 aromatic rings. The van der Waals surface area contributed by atoms with Gasteiger partial charge in [-0.15, -0.1) is 0 Å². The molecule has 1 aromatic carbocycles. The van der Waals surface area contributed by atoms with Gasteiger partial charge in [-0.2, -0.15) is 4.31 Å². The number of rotatable bonds is 4. The number of hydrogen-bond acceptors (Lipinski definition) is 4. The monoisotopic (exact) mass is 380 g/mol. The second kappa shape index (κ2) is 7.66. The lowest BCUT2D eigenvalue weighted by atomic mass is 10.0. The van der Waals surface area contributed by atoms with Crippen LogP contribution >= 0.6 is 0 Å². The van der Waals surface area contributed by atoms with Crippen molar-refractivity contribution in [3.63, 3.8) is 0 Å². The number of morpholine rings is 1. The molecule has 0 radical (unpaired) electrons. The van der Waals surface area contributed by atoms with Crippen LogP contribution in [0.4, 0.5) is 0 Å². The third kappa shape index (κ3) is 3.66. The van der Waals surface area contributed by atoms with Gasteiger partial charge in [-0.05, 0) is 43.4 Å². The van der Waals surface area contributed by atoms with Crippen LogP contribution < -0.4 is 0 Å². The van der Waals surface area contributed by atoms with Gasteiger partial charge in [0, 0.05) is 31.2 Å². The molecular formula is C19H28N2O4S. The van der Waals surface area contributed by atoms with E-state index in [1.165, 1.54) is 4.31 Å². The second-order valence-corrected chi connectivity index (χ2v) is 9.36. The molecule has 0 aromatic heterocycles. The van der Waals surface area contributed by atoms with E-state index in [1.54, 1.807) is 25.1 Å². The lowest BCUT2D eigenvalue weighted by Crippen LogP contribution is -2.41. The number of benzene rings is 1. The van der Waals surface area contributed by atoms with E-state index in [1.807, 2.05) is 4.90 Å². The van der Waals surface area contributed by atoms with E-state index < -0.39 is 10.0 Å². The minimum absolute atomic E-state index is 0.0698. The molecule has 2 saturated heterocycles. The molecule has 2 aliphatic heterocycles. The van der Waals surface area contributed by atoms with Gasteiger partial charge in [0.25, 0.3) is 5.91 Å². The van der Waals surface area contributed by atoms with E-state index in [2.05, 4.69) is 13.8 Å². The zero-order chi connectivity index (χ0) is 18.9. The van der Waals surface area contributed by atoms with Crippen molar-refractivity contribution < 1.29 is 17.9 Å². The highest BCUT2D eigenvalue weighted by Gasteiger charge is 2.33. The Bertz CT molecular complexity index is 770. The summed E-state index contributed by atoms with van der Waals surface area (Å²) in [5.74, 6) is 0.322. The normalized spacial score (nSPS) is 22.2. The van der Waals surface area contributed by atoms with E-state index in [0.29, 0.717) is 43.3 Å².